The zero-order chi connectivity index (χ0) is 22.3. The Bertz CT molecular complexity index is 1070. The third-order valence-corrected chi connectivity index (χ3v) is 6.65. The van der Waals surface area contributed by atoms with Gasteiger partial charge in [-0.2, -0.15) is 0 Å². The minimum absolute atomic E-state index is 0.0935. The molecule has 2 aromatic carbocycles. The molecule has 0 bridgehead atoms. The number of carbonyl (C=O) groups excluding carboxylic acids is 1. The molecule has 1 N–H and O–H groups in total. The van der Waals surface area contributed by atoms with E-state index in [0.29, 0.717) is 16.7 Å². The molecule has 1 aromatic heterocycles. The highest BCUT2D eigenvalue weighted by molar-refractivity contribution is 7.99. The number of aromatic nitrogens is 3. The average molecular weight is 472 g/mol. The van der Waals surface area contributed by atoms with Crippen LogP contribution in [0.2, 0.25) is 5.02 Å². The summed E-state index contributed by atoms with van der Waals surface area (Å²) < 4.78 is 7.59. The maximum absolute atomic E-state index is 12.5. The van der Waals surface area contributed by atoms with Crippen molar-refractivity contribution in [2.75, 3.05) is 30.9 Å². The van der Waals surface area contributed by atoms with Gasteiger partial charge in [-0.15, -0.1) is 10.2 Å². The van der Waals surface area contributed by atoms with Gasteiger partial charge in [0, 0.05) is 24.7 Å². The fraction of sp³-hybridized carbons (Fsp3) is 0.348. The van der Waals surface area contributed by atoms with E-state index in [-0.39, 0.29) is 11.7 Å². The van der Waals surface area contributed by atoms with Gasteiger partial charge in [0.05, 0.1) is 18.6 Å². The van der Waals surface area contributed by atoms with Crippen LogP contribution in [0.3, 0.4) is 0 Å². The maximum Gasteiger partial charge on any atom is 0.232 e. The Balaban J connectivity index is 1.52. The normalized spacial score (nSPS) is 13.8. The van der Waals surface area contributed by atoms with Gasteiger partial charge in [0.2, 0.25) is 11.9 Å². The number of hydrogen-bond acceptors (Lipinski definition) is 6. The molecule has 168 valence electrons. The first-order valence-corrected chi connectivity index (χ1v) is 12.0. The second-order valence-corrected chi connectivity index (χ2v) is 8.84. The van der Waals surface area contributed by atoms with Gasteiger partial charge < -0.3 is 15.0 Å². The minimum atomic E-state index is -0.0935. The molecule has 1 saturated heterocycles. The van der Waals surface area contributed by atoms with Crippen molar-refractivity contribution in [2.45, 2.75) is 31.0 Å². The highest BCUT2D eigenvalue weighted by atomic mass is 35.5. The lowest BCUT2D eigenvalue weighted by Gasteiger charge is -2.28. The Morgan fingerprint density at radius 2 is 1.84 bits per heavy atom. The van der Waals surface area contributed by atoms with Crippen molar-refractivity contribution in [1.82, 2.24) is 20.1 Å². The molecule has 1 amide bonds. The summed E-state index contributed by atoms with van der Waals surface area (Å²) in [4.78, 5) is 14.8. The van der Waals surface area contributed by atoms with Crippen LogP contribution in [0.5, 0.6) is 5.75 Å². The molecule has 7 nitrogen and oxygen atoms in total. The van der Waals surface area contributed by atoms with Crippen molar-refractivity contribution in [2.24, 2.45) is 0 Å². The molecule has 1 aliphatic rings. The van der Waals surface area contributed by atoms with Gasteiger partial charge in [-0.3, -0.25) is 9.36 Å². The van der Waals surface area contributed by atoms with Crippen LogP contribution in [0, 0.1) is 0 Å². The summed E-state index contributed by atoms with van der Waals surface area (Å²) >= 11 is 7.54. The molecular weight excluding hydrogens is 446 g/mol. The van der Waals surface area contributed by atoms with E-state index in [1.807, 2.05) is 53.1 Å². The van der Waals surface area contributed by atoms with Crippen molar-refractivity contribution in [3.8, 4) is 11.4 Å². The molecule has 1 fully saturated rings. The molecule has 9 heteroatoms. The molecule has 4 rings (SSSR count). The van der Waals surface area contributed by atoms with Gasteiger partial charge in [-0.25, -0.2) is 0 Å². The SMILES string of the molecule is COc1ccccc1-n1c(SCC(=O)NCc2ccccc2Cl)nnc1N1CCCCC1. The molecule has 3 aromatic rings. The Morgan fingerprint density at radius 3 is 2.62 bits per heavy atom. The smallest absolute Gasteiger partial charge is 0.232 e. The number of hydrogen-bond donors (Lipinski definition) is 1. The lowest BCUT2D eigenvalue weighted by atomic mass is 10.1. The van der Waals surface area contributed by atoms with Gasteiger partial charge in [0.25, 0.3) is 0 Å². The molecule has 0 atom stereocenters. The van der Waals surface area contributed by atoms with Crippen molar-refractivity contribution in [3.05, 3.63) is 59.1 Å². The van der Waals surface area contributed by atoms with Crippen LogP contribution in [0.25, 0.3) is 5.69 Å². The average Bonchev–Trinajstić information content (AvgIpc) is 3.26. The number of halogens is 1. The van der Waals surface area contributed by atoms with Crippen molar-refractivity contribution < 1.29 is 9.53 Å². The lowest BCUT2D eigenvalue weighted by Crippen LogP contribution is -2.31. The van der Waals surface area contributed by atoms with E-state index in [4.69, 9.17) is 16.3 Å². The number of nitrogens with zero attached hydrogens (tertiary/aromatic N) is 4. The number of amides is 1. The van der Waals surface area contributed by atoms with Crippen LogP contribution < -0.4 is 15.0 Å². The van der Waals surface area contributed by atoms with E-state index in [2.05, 4.69) is 20.4 Å². The summed E-state index contributed by atoms with van der Waals surface area (Å²) in [6, 6.07) is 15.3. The quantitative estimate of drug-likeness (QED) is 0.493. The Kier molecular flexibility index (Phi) is 7.55. The fourth-order valence-electron chi connectivity index (χ4n) is 3.70. The Morgan fingerprint density at radius 1 is 1.09 bits per heavy atom. The number of benzene rings is 2. The highest BCUT2D eigenvalue weighted by Crippen LogP contribution is 2.32. The molecule has 2 heterocycles. The maximum atomic E-state index is 12.5. The second-order valence-electron chi connectivity index (χ2n) is 7.49. The number of para-hydroxylation sites is 2. The predicted molar refractivity (Wildman–Crippen MR) is 128 cm³/mol. The van der Waals surface area contributed by atoms with Crippen LogP contribution in [0.4, 0.5) is 5.95 Å². The monoisotopic (exact) mass is 471 g/mol. The van der Waals surface area contributed by atoms with Crippen LogP contribution in [-0.2, 0) is 11.3 Å². The summed E-state index contributed by atoms with van der Waals surface area (Å²) in [5.41, 5.74) is 1.75. The number of methoxy groups -OCH3 is 1. The standard InChI is InChI=1S/C23H26ClN5O2S/c1-31-20-12-6-5-11-19(20)29-22(28-13-7-2-8-14-28)26-27-23(29)32-16-21(30)25-15-17-9-3-4-10-18(17)24/h3-6,9-12H,2,7-8,13-16H2,1H3,(H,25,30). The summed E-state index contributed by atoms with van der Waals surface area (Å²) in [6.45, 7) is 2.27. The number of ether oxygens (including phenoxy) is 1. The first kappa shape index (κ1) is 22.5. The van der Waals surface area contributed by atoms with E-state index in [9.17, 15) is 4.79 Å². The van der Waals surface area contributed by atoms with Crippen molar-refractivity contribution in [3.63, 3.8) is 0 Å². The number of nitrogens with one attached hydrogen (secondary N) is 1. The van der Waals surface area contributed by atoms with Crippen molar-refractivity contribution in [1.29, 1.82) is 0 Å². The first-order valence-electron chi connectivity index (χ1n) is 10.6. The van der Waals surface area contributed by atoms with E-state index >= 15 is 0 Å². The topological polar surface area (TPSA) is 72.3 Å². The zero-order valence-electron chi connectivity index (χ0n) is 18.0. The highest BCUT2D eigenvalue weighted by Gasteiger charge is 2.23. The number of rotatable bonds is 8. The van der Waals surface area contributed by atoms with Gasteiger partial charge in [-0.1, -0.05) is 53.7 Å². The molecule has 1 aliphatic heterocycles. The third kappa shape index (κ3) is 5.19. The molecule has 0 radical (unpaired) electrons. The van der Waals surface area contributed by atoms with Gasteiger partial charge in [-0.05, 0) is 43.0 Å². The van der Waals surface area contributed by atoms with Crippen LogP contribution in [0.1, 0.15) is 24.8 Å². The van der Waals surface area contributed by atoms with Gasteiger partial charge in [0.1, 0.15) is 5.75 Å². The molecule has 0 spiro atoms. The second kappa shape index (κ2) is 10.7. The molecule has 0 unspecified atom stereocenters. The number of carbonyl (C=O) groups is 1. The van der Waals surface area contributed by atoms with Crippen LogP contribution in [-0.4, -0.2) is 46.6 Å². The summed E-state index contributed by atoms with van der Waals surface area (Å²) in [5, 5.41) is 13.1. The van der Waals surface area contributed by atoms with Crippen molar-refractivity contribution >= 4 is 35.2 Å². The minimum Gasteiger partial charge on any atom is -0.495 e. The number of thioether (sulfide) groups is 1. The summed E-state index contributed by atoms with van der Waals surface area (Å²) in [7, 11) is 1.65. The van der Waals surface area contributed by atoms with Crippen LogP contribution in [0.15, 0.2) is 53.7 Å². The molecule has 0 aliphatic carbocycles. The zero-order valence-corrected chi connectivity index (χ0v) is 19.5. The number of piperidine rings is 1. The van der Waals surface area contributed by atoms with E-state index < -0.39 is 0 Å². The lowest BCUT2D eigenvalue weighted by molar-refractivity contribution is -0.118. The summed E-state index contributed by atoms with van der Waals surface area (Å²) in [5.74, 6) is 1.64. The Labute approximate surface area is 197 Å². The largest absolute Gasteiger partial charge is 0.495 e. The first-order chi connectivity index (χ1) is 15.7. The van der Waals surface area contributed by atoms with Gasteiger partial charge in [0.15, 0.2) is 5.16 Å². The predicted octanol–water partition coefficient (Wildman–Crippen LogP) is 4.33. The van der Waals surface area contributed by atoms with Crippen LogP contribution >= 0.6 is 23.4 Å². The van der Waals surface area contributed by atoms with Gasteiger partial charge >= 0.3 is 0 Å². The van der Waals surface area contributed by atoms with E-state index in [0.717, 1.165) is 48.9 Å². The number of anilines is 1. The Hall–Kier alpha value is -2.71. The third-order valence-electron chi connectivity index (χ3n) is 5.35. The molecular formula is C23H26ClN5O2S. The molecule has 32 heavy (non-hydrogen) atoms. The van der Waals surface area contributed by atoms with E-state index in [1.165, 1.54) is 18.2 Å². The molecule has 0 saturated carbocycles. The summed E-state index contributed by atoms with van der Waals surface area (Å²) in [6.07, 6.45) is 3.49. The fourth-order valence-corrected chi connectivity index (χ4v) is 4.67. The van der Waals surface area contributed by atoms with E-state index in [1.54, 1.807) is 7.11 Å².